The topological polar surface area (TPSA) is 49.9 Å². The van der Waals surface area contributed by atoms with E-state index in [2.05, 4.69) is 0 Å². The summed E-state index contributed by atoms with van der Waals surface area (Å²) in [7, 11) is 0. The van der Waals surface area contributed by atoms with Gasteiger partial charge in [-0.2, -0.15) is 13.2 Å². The summed E-state index contributed by atoms with van der Waals surface area (Å²) in [6, 6.07) is 4.99. The lowest BCUT2D eigenvalue weighted by Crippen LogP contribution is -2.46. The lowest BCUT2D eigenvalue weighted by atomic mass is 10.0. The van der Waals surface area contributed by atoms with E-state index in [0.717, 1.165) is 0 Å². The van der Waals surface area contributed by atoms with Crippen molar-refractivity contribution in [2.24, 2.45) is 5.92 Å². The van der Waals surface area contributed by atoms with E-state index >= 15 is 0 Å². The Labute approximate surface area is 153 Å². The Bertz CT molecular complexity index is 726. The number of alkyl halides is 3. The molecule has 3 rings (SSSR count). The first kappa shape index (κ1) is 18.8. The van der Waals surface area contributed by atoms with Crippen LogP contribution >= 0.6 is 11.6 Å². The molecule has 1 saturated heterocycles. The number of ether oxygens (including phenoxy) is 1. The van der Waals surface area contributed by atoms with Gasteiger partial charge in [0.2, 0.25) is 11.8 Å². The molecule has 2 aliphatic rings. The lowest BCUT2D eigenvalue weighted by Gasteiger charge is -2.36. The van der Waals surface area contributed by atoms with Crippen LogP contribution in [0.1, 0.15) is 19.8 Å². The van der Waals surface area contributed by atoms with Gasteiger partial charge in [0.15, 0.2) is 5.75 Å². The number of anilines is 1. The van der Waals surface area contributed by atoms with Gasteiger partial charge in [0.05, 0.1) is 23.2 Å². The molecule has 0 spiro atoms. The Morgan fingerprint density at radius 3 is 2.73 bits per heavy atom. The number of hydrogen-bond donors (Lipinski definition) is 0. The third kappa shape index (κ3) is 3.75. The molecule has 2 aliphatic heterocycles. The van der Waals surface area contributed by atoms with E-state index in [-0.39, 0.29) is 31.5 Å². The van der Waals surface area contributed by atoms with Gasteiger partial charge in [-0.15, -0.1) is 0 Å². The molecule has 1 aromatic carbocycles. The van der Waals surface area contributed by atoms with Crippen LogP contribution in [0.25, 0.3) is 0 Å². The summed E-state index contributed by atoms with van der Waals surface area (Å²) >= 11 is 6.16. The summed E-state index contributed by atoms with van der Waals surface area (Å²) in [5.74, 6) is -1.47. The average molecular weight is 391 g/mol. The van der Waals surface area contributed by atoms with Crippen LogP contribution in [0.2, 0.25) is 5.02 Å². The van der Waals surface area contributed by atoms with Crippen molar-refractivity contribution >= 4 is 29.1 Å². The van der Waals surface area contributed by atoms with Crippen molar-refractivity contribution in [2.75, 3.05) is 24.5 Å². The third-order valence-corrected chi connectivity index (χ3v) is 4.86. The molecular formula is C17H18ClF3N2O3. The van der Waals surface area contributed by atoms with E-state index in [4.69, 9.17) is 16.3 Å². The van der Waals surface area contributed by atoms with Gasteiger partial charge in [0, 0.05) is 13.0 Å². The van der Waals surface area contributed by atoms with Gasteiger partial charge in [0.1, 0.15) is 12.6 Å². The van der Waals surface area contributed by atoms with Gasteiger partial charge in [-0.05, 0) is 18.6 Å². The molecular weight excluding hydrogens is 373 g/mol. The van der Waals surface area contributed by atoms with Crippen LogP contribution < -0.4 is 9.64 Å². The Hall–Kier alpha value is -1.96. The van der Waals surface area contributed by atoms with Gasteiger partial charge >= 0.3 is 6.18 Å². The quantitative estimate of drug-likeness (QED) is 0.796. The predicted molar refractivity (Wildman–Crippen MR) is 89.3 cm³/mol. The van der Waals surface area contributed by atoms with Crippen molar-refractivity contribution in [3.05, 3.63) is 23.2 Å². The smallest absolute Gasteiger partial charge is 0.406 e. The molecule has 1 aromatic rings. The largest absolute Gasteiger partial charge is 0.485 e. The number of benzene rings is 1. The number of carbonyl (C=O) groups excluding carboxylic acids is 2. The predicted octanol–water partition coefficient (Wildman–Crippen LogP) is 3.25. The van der Waals surface area contributed by atoms with Crippen LogP contribution in [0.5, 0.6) is 5.75 Å². The van der Waals surface area contributed by atoms with Crippen LogP contribution in [-0.2, 0) is 9.59 Å². The second kappa shape index (κ2) is 6.98. The number of carbonyl (C=O) groups is 2. The van der Waals surface area contributed by atoms with Gasteiger partial charge < -0.3 is 14.5 Å². The zero-order valence-corrected chi connectivity index (χ0v) is 14.8. The first-order chi connectivity index (χ1) is 12.2. The van der Waals surface area contributed by atoms with Crippen molar-refractivity contribution in [2.45, 2.75) is 32.0 Å². The maximum atomic E-state index is 13.0. The molecule has 0 aliphatic carbocycles. The van der Waals surface area contributed by atoms with Gasteiger partial charge in [-0.3, -0.25) is 9.59 Å². The van der Waals surface area contributed by atoms with Crippen molar-refractivity contribution in [3.8, 4) is 5.75 Å². The summed E-state index contributed by atoms with van der Waals surface area (Å²) in [5, 5.41) is 0.361. The van der Waals surface area contributed by atoms with Crippen molar-refractivity contribution in [3.63, 3.8) is 0 Å². The van der Waals surface area contributed by atoms with E-state index in [1.54, 1.807) is 18.2 Å². The fraction of sp³-hybridized carbons (Fsp3) is 0.529. The average Bonchev–Trinajstić information content (AvgIpc) is 2.92. The van der Waals surface area contributed by atoms with Crippen LogP contribution in [0.15, 0.2) is 18.2 Å². The van der Waals surface area contributed by atoms with Gasteiger partial charge in [-0.25, -0.2) is 0 Å². The second-order valence-electron chi connectivity index (χ2n) is 6.48. The number of nitrogens with zero attached hydrogens (tertiary/aromatic N) is 2. The summed E-state index contributed by atoms with van der Waals surface area (Å²) in [4.78, 5) is 27.0. The van der Waals surface area contributed by atoms with E-state index in [0.29, 0.717) is 27.8 Å². The molecule has 1 fully saturated rings. The minimum absolute atomic E-state index is 0.223. The standard InChI is InChI=1S/C17H18ClF3N2O3/c1-2-11-8-23(13-5-3-4-12(18)15(13)26-11)16(25)10-6-14(24)22(7-10)9-17(19,20)21/h3-5,10-11H,2,6-9H2,1H3/t10-,11-/m0/s1. The van der Waals surface area contributed by atoms with Crippen LogP contribution in [-0.4, -0.2) is 48.6 Å². The molecule has 0 unspecified atom stereocenters. The van der Waals surface area contributed by atoms with E-state index < -0.39 is 24.5 Å². The minimum atomic E-state index is -4.49. The highest BCUT2D eigenvalue weighted by molar-refractivity contribution is 6.32. The number of hydrogen-bond acceptors (Lipinski definition) is 3. The molecule has 9 heteroatoms. The Morgan fingerprint density at radius 2 is 2.08 bits per heavy atom. The lowest BCUT2D eigenvalue weighted by molar-refractivity contribution is -0.157. The van der Waals surface area contributed by atoms with Crippen molar-refractivity contribution in [1.82, 2.24) is 4.90 Å². The number of likely N-dealkylation sites (tertiary alicyclic amines) is 1. The van der Waals surface area contributed by atoms with Crippen LogP contribution in [0.4, 0.5) is 18.9 Å². The molecule has 142 valence electrons. The van der Waals surface area contributed by atoms with Crippen LogP contribution in [0.3, 0.4) is 0 Å². The fourth-order valence-corrected chi connectivity index (χ4v) is 3.50. The molecule has 0 bridgehead atoms. The maximum Gasteiger partial charge on any atom is 0.406 e. The van der Waals surface area contributed by atoms with E-state index in [1.807, 2.05) is 6.92 Å². The summed E-state index contributed by atoms with van der Waals surface area (Å²) in [5.41, 5.74) is 0.480. The van der Waals surface area contributed by atoms with Crippen LogP contribution in [0, 0.1) is 5.92 Å². The zero-order chi connectivity index (χ0) is 19.1. The molecule has 5 nitrogen and oxygen atoms in total. The molecule has 2 heterocycles. The summed E-state index contributed by atoms with van der Waals surface area (Å²) in [6.07, 6.45) is -4.34. The summed E-state index contributed by atoms with van der Waals surface area (Å²) < 4.78 is 43.6. The molecule has 2 atom stereocenters. The maximum absolute atomic E-state index is 13.0. The van der Waals surface area contributed by atoms with Crippen molar-refractivity contribution < 1.29 is 27.5 Å². The number of fused-ring (bicyclic) bond motifs is 1. The van der Waals surface area contributed by atoms with E-state index in [9.17, 15) is 22.8 Å². The Kier molecular flexibility index (Phi) is 5.05. The minimum Gasteiger partial charge on any atom is -0.485 e. The molecule has 0 saturated carbocycles. The molecule has 2 amide bonds. The Balaban J connectivity index is 1.82. The van der Waals surface area contributed by atoms with E-state index in [1.165, 1.54) is 4.90 Å². The number of rotatable bonds is 3. The number of amides is 2. The number of para-hydroxylation sites is 1. The van der Waals surface area contributed by atoms with Crippen molar-refractivity contribution in [1.29, 1.82) is 0 Å². The second-order valence-corrected chi connectivity index (χ2v) is 6.88. The Morgan fingerprint density at radius 1 is 1.35 bits per heavy atom. The third-order valence-electron chi connectivity index (χ3n) is 4.56. The van der Waals surface area contributed by atoms with Gasteiger partial charge in [0.25, 0.3) is 0 Å². The molecule has 26 heavy (non-hydrogen) atoms. The fourth-order valence-electron chi connectivity index (χ4n) is 3.28. The molecule has 0 radical (unpaired) electrons. The monoisotopic (exact) mass is 390 g/mol. The highest BCUT2D eigenvalue weighted by Gasteiger charge is 2.43. The molecule has 0 N–H and O–H groups in total. The molecule has 0 aromatic heterocycles. The number of halogens is 4. The zero-order valence-electron chi connectivity index (χ0n) is 14.1. The normalized spacial score (nSPS) is 23.0. The highest BCUT2D eigenvalue weighted by atomic mass is 35.5. The first-order valence-corrected chi connectivity index (χ1v) is 8.68. The summed E-state index contributed by atoms with van der Waals surface area (Å²) in [6.45, 7) is 0.603. The van der Waals surface area contributed by atoms with Gasteiger partial charge in [-0.1, -0.05) is 24.6 Å². The SMILES string of the molecule is CC[C@H]1CN(C(=O)[C@H]2CC(=O)N(CC(F)(F)F)C2)c2cccc(Cl)c2O1. The highest BCUT2D eigenvalue weighted by Crippen LogP contribution is 2.41. The first-order valence-electron chi connectivity index (χ1n) is 8.30.